The third-order valence-electron chi connectivity index (χ3n) is 2.67. The molecular formula is C15H15ClN2O2. The van der Waals surface area contributed by atoms with Crippen molar-refractivity contribution in [1.29, 1.82) is 0 Å². The number of hydrogen-bond acceptors (Lipinski definition) is 3. The summed E-state index contributed by atoms with van der Waals surface area (Å²) in [5.74, 6) is 0. The first-order chi connectivity index (χ1) is 9.70. The Bertz CT molecular complexity index is 575. The van der Waals surface area contributed by atoms with Gasteiger partial charge in [0.2, 0.25) is 0 Å². The van der Waals surface area contributed by atoms with Gasteiger partial charge in [-0.15, -0.1) is 0 Å². The van der Waals surface area contributed by atoms with E-state index in [1.807, 2.05) is 18.2 Å². The molecular weight excluding hydrogens is 276 g/mol. The summed E-state index contributed by atoms with van der Waals surface area (Å²) in [6.45, 7) is 2.48. The van der Waals surface area contributed by atoms with Crippen LogP contribution in [-0.4, -0.2) is 17.7 Å². The molecule has 2 aromatic rings. The van der Waals surface area contributed by atoms with Crippen LogP contribution < -0.4 is 4.90 Å². The number of hydrogen-bond donors (Lipinski definition) is 0. The average Bonchev–Trinajstić information content (AvgIpc) is 2.46. The second kappa shape index (κ2) is 6.91. The predicted molar refractivity (Wildman–Crippen MR) is 78.9 cm³/mol. The number of amides is 1. The van der Waals surface area contributed by atoms with Gasteiger partial charge in [0, 0.05) is 23.1 Å². The van der Waals surface area contributed by atoms with Crippen molar-refractivity contribution in [1.82, 2.24) is 4.98 Å². The van der Waals surface area contributed by atoms with Crippen LogP contribution in [0.1, 0.15) is 12.5 Å². The van der Waals surface area contributed by atoms with Gasteiger partial charge in [0.1, 0.15) is 0 Å². The van der Waals surface area contributed by atoms with E-state index in [2.05, 4.69) is 4.98 Å². The number of carbonyl (C=O) groups is 1. The molecule has 1 amide bonds. The van der Waals surface area contributed by atoms with Gasteiger partial charge in [-0.2, -0.15) is 0 Å². The molecule has 0 fully saturated rings. The highest BCUT2D eigenvalue weighted by Gasteiger charge is 2.17. The fraction of sp³-hybridized carbons (Fsp3) is 0.200. The zero-order valence-corrected chi connectivity index (χ0v) is 11.9. The van der Waals surface area contributed by atoms with E-state index in [-0.39, 0.29) is 0 Å². The van der Waals surface area contributed by atoms with E-state index in [4.69, 9.17) is 16.3 Å². The summed E-state index contributed by atoms with van der Waals surface area (Å²) < 4.78 is 5.09. The Hall–Kier alpha value is -2.07. The number of nitrogens with zero attached hydrogens (tertiary/aromatic N) is 2. The van der Waals surface area contributed by atoms with Crippen molar-refractivity contribution in [3.63, 3.8) is 0 Å². The van der Waals surface area contributed by atoms with Crippen LogP contribution in [0, 0.1) is 0 Å². The van der Waals surface area contributed by atoms with Crippen LogP contribution in [0.2, 0.25) is 5.02 Å². The molecule has 0 saturated carbocycles. The fourth-order valence-corrected chi connectivity index (χ4v) is 1.97. The first-order valence-corrected chi connectivity index (χ1v) is 6.67. The van der Waals surface area contributed by atoms with Gasteiger partial charge in [-0.1, -0.05) is 23.7 Å². The van der Waals surface area contributed by atoms with Crippen molar-refractivity contribution in [2.24, 2.45) is 0 Å². The molecule has 4 nitrogen and oxygen atoms in total. The molecule has 0 atom stereocenters. The summed E-state index contributed by atoms with van der Waals surface area (Å²) in [5.41, 5.74) is 1.61. The summed E-state index contributed by atoms with van der Waals surface area (Å²) in [7, 11) is 0. The fourth-order valence-electron chi connectivity index (χ4n) is 1.78. The lowest BCUT2D eigenvalue weighted by molar-refractivity contribution is 0.159. The summed E-state index contributed by atoms with van der Waals surface area (Å²) in [6.07, 6.45) is 3.01. The summed E-state index contributed by atoms with van der Waals surface area (Å²) in [4.78, 5) is 17.7. The molecule has 0 aliphatic carbocycles. The molecule has 1 aromatic carbocycles. The van der Waals surface area contributed by atoms with Gasteiger partial charge < -0.3 is 4.74 Å². The third-order valence-corrected chi connectivity index (χ3v) is 2.91. The van der Waals surface area contributed by atoms with Crippen LogP contribution in [0.3, 0.4) is 0 Å². The minimum atomic E-state index is -0.404. The van der Waals surface area contributed by atoms with Crippen molar-refractivity contribution >= 4 is 23.4 Å². The normalized spacial score (nSPS) is 10.1. The molecule has 1 aromatic heterocycles. The zero-order valence-electron chi connectivity index (χ0n) is 11.1. The van der Waals surface area contributed by atoms with Gasteiger partial charge in [0.25, 0.3) is 0 Å². The standard InChI is InChI=1S/C15H15ClN2O2/c1-2-20-15(19)18(11-12-5-4-8-17-10-12)14-7-3-6-13(16)9-14/h3-10H,2,11H2,1H3. The van der Waals surface area contributed by atoms with Crippen molar-refractivity contribution < 1.29 is 9.53 Å². The third kappa shape index (κ3) is 3.71. The van der Waals surface area contributed by atoms with Crippen molar-refractivity contribution in [2.45, 2.75) is 13.5 Å². The number of halogens is 1. The smallest absolute Gasteiger partial charge is 0.414 e. The molecule has 0 spiro atoms. The maximum atomic E-state index is 12.1. The molecule has 104 valence electrons. The van der Waals surface area contributed by atoms with Crippen LogP contribution in [0.25, 0.3) is 0 Å². The van der Waals surface area contributed by atoms with Crippen LogP contribution in [-0.2, 0) is 11.3 Å². The van der Waals surface area contributed by atoms with Crippen molar-refractivity contribution in [3.05, 3.63) is 59.4 Å². The van der Waals surface area contributed by atoms with E-state index >= 15 is 0 Å². The average molecular weight is 291 g/mol. The highest BCUT2D eigenvalue weighted by Crippen LogP contribution is 2.22. The Balaban J connectivity index is 2.27. The molecule has 5 heteroatoms. The molecule has 0 bridgehead atoms. The molecule has 1 heterocycles. The largest absolute Gasteiger partial charge is 0.449 e. The van der Waals surface area contributed by atoms with Crippen molar-refractivity contribution in [2.75, 3.05) is 11.5 Å². The molecule has 20 heavy (non-hydrogen) atoms. The topological polar surface area (TPSA) is 42.4 Å². The van der Waals surface area contributed by atoms with Gasteiger partial charge in [0.15, 0.2) is 0 Å². The van der Waals surface area contributed by atoms with Gasteiger partial charge >= 0.3 is 6.09 Å². The van der Waals surface area contributed by atoms with Crippen LogP contribution in [0.5, 0.6) is 0 Å². The SMILES string of the molecule is CCOC(=O)N(Cc1cccnc1)c1cccc(Cl)c1. The monoisotopic (exact) mass is 290 g/mol. The first-order valence-electron chi connectivity index (χ1n) is 6.29. The highest BCUT2D eigenvalue weighted by atomic mass is 35.5. The molecule has 0 N–H and O–H groups in total. The van der Waals surface area contributed by atoms with Gasteiger partial charge in [-0.25, -0.2) is 4.79 Å². The number of benzene rings is 1. The maximum absolute atomic E-state index is 12.1. The van der Waals surface area contributed by atoms with Gasteiger partial charge in [-0.3, -0.25) is 9.88 Å². The number of aromatic nitrogens is 1. The summed E-state index contributed by atoms with van der Waals surface area (Å²) in [5, 5.41) is 0.572. The Morgan fingerprint density at radius 2 is 2.20 bits per heavy atom. The van der Waals surface area contributed by atoms with E-state index in [0.717, 1.165) is 5.56 Å². The minimum absolute atomic E-state index is 0.322. The maximum Gasteiger partial charge on any atom is 0.414 e. The summed E-state index contributed by atoms with van der Waals surface area (Å²) >= 11 is 5.98. The quantitative estimate of drug-likeness (QED) is 0.857. The number of anilines is 1. The first kappa shape index (κ1) is 14.3. The second-order valence-corrected chi connectivity index (χ2v) is 4.56. The second-order valence-electron chi connectivity index (χ2n) is 4.13. The summed E-state index contributed by atoms with van der Waals surface area (Å²) in [6, 6.07) is 10.8. The molecule has 0 aliphatic rings. The Morgan fingerprint density at radius 3 is 2.85 bits per heavy atom. The molecule has 0 saturated heterocycles. The Labute approximate surface area is 123 Å². The van der Waals surface area contributed by atoms with Crippen LogP contribution >= 0.6 is 11.6 Å². The molecule has 2 rings (SSSR count). The van der Waals surface area contributed by atoms with E-state index < -0.39 is 6.09 Å². The van der Waals surface area contributed by atoms with E-state index in [1.54, 1.807) is 37.5 Å². The Morgan fingerprint density at radius 1 is 1.35 bits per heavy atom. The predicted octanol–water partition coefficient (Wildman–Crippen LogP) is 3.90. The van der Waals surface area contributed by atoms with Gasteiger partial charge in [0.05, 0.1) is 13.2 Å². The van der Waals surface area contributed by atoms with E-state index in [0.29, 0.717) is 23.9 Å². The highest BCUT2D eigenvalue weighted by molar-refractivity contribution is 6.30. The molecule has 0 aliphatic heterocycles. The zero-order chi connectivity index (χ0) is 14.4. The number of ether oxygens (including phenoxy) is 1. The van der Waals surface area contributed by atoms with Gasteiger partial charge in [-0.05, 0) is 36.8 Å². The molecule has 0 unspecified atom stereocenters. The molecule has 0 radical (unpaired) electrons. The Kier molecular flexibility index (Phi) is 4.96. The number of carbonyl (C=O) groups excluding carboxylic acids is 1. The van der Waals surface area contributed by atoms with Crippen LogP contribution in [0.15, 0.2) is 48.8 Å². The van der Waals surface area contributed by atoms with Crippen molar-refractivity contribution in [3.8, 4) is 0 Å². The minimum Gasteiger partial charge on any atom is -0.449 e. The lowest BCUT2D eigenvalue weighted by atomic mass is 10.2. The van der Waals surface area contributed by atoms with Crippen LogP contribution in [0.4, 0.5) is 10.5 Å². The van der Waals surface area contributed by atoms with E-state index in [1.165, 1.54) is 4.90 Å². The lowest BCUT2D eigenvalue weighted by Gasteiger charge is -2.22. The number of rotatable bonds is 4. The van der Waals surface area contributed by atoms with E-state index in [9.17, 15) is 4.79 Å². The number of pyridine rings is 1. The lowest BCUT2D eigenvalue weighted by Crippen LogP contribution is -2.31.